The highest BCUT2D eigenvalue weighted by Gasteiger charge is 2.06. The first kappa shape index (κ1) is 14.4. The predicted octanol–water partition coefficient (Wildman–Crippen LogP) is 0.875. The first-order valence-electron chi connectivity index (χ1n) is 6.27. The van der Waals surface area contributed by atoms with Crippen LogP contribution in [0.15, 0.2) is 36.9 Å². The van der Waals surface area contributed by atoms with Crippen molar-refractivity contribution >= 4 is 18.0 Å². The first-order chi connectivity index (χ1) is 10.1. The fourth-order valence-electron chi connectivity index (χ4n) is 1.67. The Labute approximate surface area is 120 Å². The maximum Gasteiger partial charge on any atom is 0.328 e. The monoisotopic (exact) mass is 286 g/mol. The van der Waals surface area contributed by atoms with E-state index in [1.54, 1.807) is 18.5 Å². The van der Waals surface area contributed by atoms with Gasteiger partial charge in [0.2, 0.25) is 0 Å². The van der Waals surface area contributed by atoms with Crippen LogP contribution in [0, 0.1) is 0 Å². The van der Waals surface area contributed by atoms with Crippen molar-refractivity contribution in [2.45, 2.75) is 6.42 Å². The van der Waals surface area contributed by atoms with Crippen molar-refractivity contribution in [2.75, 3.05) is 6.54 Å². The number of pyridine rings is 1. The van der Waals surface area contributed by atoms with E-state index in [2.05, 4.69) is 20.3 Å². The van der Waals surface area contributed by atoms with Crippen LogP contribution in [0.5, 0.6) is 0 Å². The summed E-state index contributed by atoms with van der Waals surface area (Å²) >= 11 is 0. The number of carbonyl (C=O) groups excluding carboxylic acids is 1. The lowest BCUT2D eigenvalue weighted by Crippen LogP contribution is -2.26. The number of carbonyl (C=O) groups is 2. The van der Waals surface area contributed by atoms with E-state index in [4.69, 9.17) is 5.11 Å². The molecule has 0 aliphatic rings. The van der Waals surface area contributed by atoms with Crippen molar-refractivity contribution in [3.63, 3.8) is 0 Å². The molecule has 7 heteroatoms. The summed E-state index contributed by atoms with van der Waals surface area (Å²) in [5.74, 6) is -0.519. The van der Waals surface area contributed by atoms with Crippen LogP contribution in [0.25, 0.3) is 6.08 Å². The van der Waals surface area contributed by atoms with Crippen molar-refractivity contribution in [3.8, 4) is 0 Å². The van der Waals surface area contributed by atoms with Gasteiger partial charge in [0, 0.05) is 43.8 Å². The van der Waals surface area contributed by atoms with Crippen molar-refractivity contribution < 1.29 is 14.7 Å². The number of carboxylic acid groups (broad SMARTS) is 1. The minimum Gasteiger partial charge on any atom is -0.478 e. The zero-order valence-electron chi connectivity index (χ0n) is 11.1. The Morgan fingerprint density at radius 3 is 2.95 bits per heavy atom. The maximum atomic E-state index is 11.9. The molecule has 3 N–H and O–H groups in total. The van der Waals surface area contributed by atoms with Crippen LogP contribution >= 0.6 is 0 Å². The SMILES string of the molecule is O=C(O)/C=C/c1cncc(C(=O)NCCc2ncc[nH]2)c1. The zero-order valence-corrected chi connectivity index (χ0v) is 11.1. The summed E-state index contributed by atoms with van der Waals surface area (Å²) in [5.41, 5.74) is 0.929. The molecule has 0 spiro atoms. The van der Waals surface area contributed by atoms with Gasteiger partial charge in [0.25, 0.3) is 5.91 Å². The fourth-order valence-corrected chi connectivity index (χ4v) is 1.67. The van der Waals surface area contributed by atoms with E-state index in [0.29, 0.717) is 24.1 Å². The van der Waals surface area contributed by atoms with E-state index in [0.717, 1.165) is 11.9 Å². The Kier molecular flexibility index (Phi) is 4.81. The second kappa shape index (κ2) is 6.99. The number of amides is 1. The van der Waals surface area contributed by atoms with Crippen LogP contribution in [0.2, 0.25) is 0 Å². The molecule has 108 valence electrons. The number of hydrogen-bond acceptors (Lipinski definition) is 4. The minimum absolute atomic E-state index is 0.264. The second-order valence-corrected chi connectivity index (χ2v) is 4.22. The van der Waals surface area contributed by atoms with Crippen molar-refractivity contribution in [1.29, 1.82) is 0 Å². The summed E-state index contributed by atoms with van der Waals surface area (Å²) in [6.45, 7) is 0.446. The number of hydrogen-bond donors (Lipinski definition) is 3. The predicted molar refractivity (Wildman–Crippen MR) is 75.5 cm³/mol. The zero-order chi connectivity index (χ0) is 15.1. The van der Waals surface area contributed by atoms with E-state index >= 15 is 0 Å². The van der Waals surface area contributed by atoms with Gasteiger partial charge in [-0.1, -0.05) is 0 Å². The fraction of sp³-hybridized carbons (Fsp3) is 0.143. The molecule has 0 unspecified atom stereocenters. The summed E-state index contributed by atoms with van der Waals surface area (Å²) in [4.78, 5) is 33.3. The molecule has 0 fully saturated rings. The number of carboxylic acids is 1. The second-order valence-electron chi connectivity index (χ2n) is 4.22. The van der Waals surface area contributed by atoms with Crippen LogP contribution in [0.4, 0.5) is 0 Å². The third kappa shape index (κ3) is 4.57. The molecule has 0 aliphatic carbocycles. The molecule has 1 amide bonds. The summed E-state index contributed by atoms with van der Waals surface area (Å²) in [6.07, 6.45) is 9.27. The summed E-state index contributed by atoms with van der Waals surface area (Å²) in [6, 6.07) is 1.58. The molecule has 7 nitrogen and oxygen atoms in total. The van der Waals surface area contributed by atoms with Crippen LogP contribution in [0.3, 0.4) is 0 Å². The Morgan fingerprint density at radius 1 is 1.38 bits per heavy atom. The molecule has 0 atom stereocenters. The normalized spacial score (nSPS) is 10.7. The number of H-pyrrole nitrogens is 1. The lowest BCUT2D eigenvalue weighted by molar-refractivity contribution is -0.131. The molecule has 0 saturated carbocycles. The smallest absolute Gasteiger partial charge is 0.328 e. The molecule has 0 aliphatic heterocycles. The molecule has 0 radical (unpaired) electrons. The summed E-state index contributed by atoms with van der Waals surface area (Å²) in [7, 11) is 0. The molecular formula is C14H14N4O3. The third-order valence-corrected chi connectivity index (χ3v) is 2.64. The lowest BCUT2D eigenvalue weighted by Gasteiger charge is -2.04. The molecule has 2 rings (SSSR count). The average molecular weight is 286 g/mol. The number of aromatic nitrogens is 3. The van der Waals surface area contributed by atoms with Gasteiger partial charge in [-0.2, -0.15) is 0 Å². The minimum atomic E-state index is -1.05. The van der Waals surface area contributed by atoms with Gasteiger partial charge < -0.3 is 15.4 Å². The van der Waals surface area contributed by atoms with E-state index < -0.39 is 5.97 Å². The number of rotatable bonds is 6. The molecule has 2 heterocycles. The van der Waals surface area contributed by atoms with Crippen molar-refractivity contribution in [3.05, 3.63) is 53.9 Å². The van der Waals surface area contributed by atoms with Crippen molar-refractivity contribution in [2.24, 2.45) is 0 Å². The van der Waals surface area contributed by atoms with Crippen molar-refractivity contribution in [1.82, 2.24) is 20.3 Å². The van der Waals surface area contributed by atoms with Crippen LogP contribution in [0.1, 0.15) is 21.7 Å². The van der Waals surface area contributed by atoms with E-state index in [1.165, 1.54) is 18.5 Å². The molecule has 2 aromatic heterocycles. The van der Waals surface area contributed by atoms with Gasteiger partial charge in [-0.25, -0.2) is 9.78 Å². The Balaban J connectivity index is 1.92. The highest BCUT2D eigenvalue weighted by molar-refractivity contribution is 5.94. The van der Waals surface area contributed by atoms with Crippen LogP contribution in [-0.4, -0.2) is 38.5 Å². The van der Waals surface area contributed by atoms with E-state index in [9.17, 15) is 9.59 Å². The number of nitrogens with one attached hydrogen (secondary N) is 2. The molecule has 0 bridgehead atoms. The van der Waals surface area contributed by atoms with Gasteiger partial charge in [-0.3, -0.25) is 9.78 Å². The summed E-state index contributed by atoms with van der Waals surface area (Å²) < 4.78 is 0. The molecule has 0 aromatic carbocycles. The molecule has 0 saturated heterocycles. The number of nitrogens with zero attached hydrogens (tertiary/aromatic N) is 2. The van der Waals surface area contributed by atoms with Gasteiger partial charge in [0.05, 0.1) is 5.56 Å². The third-order valence-electron chi connectivity index (χ3n) is 2.64. The lowest BCUT2D eigenvalue weighted by atomic mass is 10.2. The van der Waals surface area contributed by atoms with Gasteiger partial charge in [-0.05, 0) is 17.7 Å². The van der Waals surface area contributed by atoms with E-state index in [-0.39, 0.29) is 5.91 Å². The number of aliphatic carboxylic acids is 1. The Hall–Kier alpha value is -2.96. The molecular weight excluding hydrogens is 272 g/mol. The van der Waals surface area contributed by atoms with E-state index in [1.807, 2.05) is 0 Å². The van der Waals surface area contributed by atoms with Gasteiger partial charge in [-0.15, -0.1) is 0 Å². The quantitative estimate of drug-likeness (QED) is 0.683. The van der Waals surface area contributed by atoms with Crippen LogP contribution in [-0.2, 0) is 11.2 Å². The van der Waals surface area contributed by atoms with Gasteiger partial charge >= 0.3 is 5.97 Å². The van der Waals surface area contributed by atoms with Gasteiger partial charge in [0.1, 0.15) is 5.82 Å². The average Bonchev–Trinajstić information content (AvgIpc) is 2.98. The molecule has 2 aromatic rings. The van der Waals surface area contributed by atoms with Crippen LogP contribution < -0.4 is 5.32 Å². The number of aromatic amines is 1. The standard InChI is InChI=1S/C14H14N4O3/c19-13(20)2-1-10-7-11(9-15-8-10)14(21)18-4-3-12-16-5-6-17-12/h1-2,5-9H,3-4H2,(H,16,17)(H,18,21)(H,19,20)/b2-1+. The highest BCUT2D eigenvalue weighted by Crippen LogP contribution is 2.05. The largest absolute Gasteiger partial charge is 0.478 e. The van der Waals surface area contributed by atoms with Gasteiger partial charge in [0.15, 0.2) is 0 Å². The first-order valence-corrected chi connectivity index (χ1v) is 6.27. The number of imidazole rings is 1. The highest BCUT2D eigenvalue weighted by atomic mass is 16.4. The molecule has 21 heavy (non-hydrogen) atoms. The maximum absolute atomic E-state index is 11.9. The summed E-state index contributed by atoms with van der Waals surface area (Å²) in [5, 5.41) is 11.3. The topological polar surface area (TPSA) is 108 Å². The Bertz CT molecular complexity index is 650. The Morgan fingerprint density at radius 2 is 2.24 bits per heavy atom.